The van der Waals surface area contributed by atoms with Crippen LogP contribution in [0, 0.1) is 6.92 Å². The molecular weight excluding hydrogens is 388 g/mol. The molecule has 7 nitrogen and oxygen atoms in total. The lowest BCUT2D eigenvalue weighted by atomic mass is 10.1. The van der Waals surface area contributed by atoms with Crippen molar-refractivity contribution in [3.63, 3.8) is 0 Å². The minimum absolute atomic E-state index is 0.00650. The number of thiazole rings is 1. The average molecular weight is 410 g/mol. The second kappa shape index (κ2) is 8.59. The number of benzene rings is 1. The van der Waals surface area contributed by atoms with Crippen molar-refractivity contribution in [3.8, 4) is 0 Å². The summed E-state index contributed by atoms with van der Waals surface area (Å²) in [4.78, 5) is 32.2. The monoisotopic (exact) mass is 410 g/mol. The summed E-state index contributed by atoms with van der Waals surface area (Å²) in [5.74, 6) is -0.232. The molecule has 3 heterocycles. The highest BCUT2D eigenvalue weighted by molar-refractivity contribution is 7.15. The van der Waals surface area contributed by atoms with Gasteiger partial charge in [0.15, 0.2) is 5.13 Å². The summed E-state index contributed by atoms with van der Waals surface area (Å²) < 4.78 is 4.94. The van der Waals surface area contributed by atoms with Crippen LogP contribution < -0.4 is 10.6 Å². The van der Waals surface area contributed by atoms with Crippen molar-refractivity contribution in [2.45, 2.75) is 26.4 Å². The number of aryl methyl sites for hydroxylation is 1. The quantitative estimate of drug-likeness (QED) is 0.652. The van der Waals surface area contributed by atoms with E-state index in [4.69, 9.17) is 4.42 Å². The minimum Gasteiger partial charge on any atom is -0.472 e. The number of fused-ring (bicyclic) bond motifs is 1. The molecule has 2 amide bonds. The van der Waals surface area contributed by atoms with Gasteiger partial charge >= 0.3 is 0 Å². The molecule has 0 saturated heterocycles. The van der Waals surface area contributed by atoms with Gasteiger partial charge in [-0.3, -0.25) is 19.8 Å². The second-order valence-electron chi connectivity index (χ2n) is 7.08. The number of furan rings is 1. The topological polar surface area (TPSA) is 87.5 Å². The molecule has 0 atom stereocenters. The number of carbonyl (C=O) groups excluding carboxylic acids is 2. The third kappa shape index (κ3) is 4.90. The van der Waals surface area contributed by atoms with Crippen LogP contribution in [0.3, 0.4) is 0 Å². The first-order valence-electron chi connectivity index (χ1n) is 9.43. The van der Waals surface area contributed by atoms with Crippen LogP contribution in [0.5, 0.6) is 0 Å². The Bertz CT molecular complexity index is 996. The molecule has 2 N–H and O–H groups in total. The van der Waals surface area contributed by atoms with Crippen molar-refractivity contribution in [2.75, 3.05) is 18.4 Å². The molecule has 29 heavy (non-hydrogen) atoms. The maximum Gasteiger partial charge on any atom is 0.260 e. The summed E-state index contributed by atoms with van der Waals surface area (Å²) in [6.45, 7) is 4.35. The van der Waals surface area contributed by atoms with Crippen LogP contribution >= 0.6 is 11.3 Å². The van der Waals surface area contributed by atoms with Gasteiger partial charge in [0, 0.05) is 30.9 Å². The van der Waals surface area contributed by atoms with E-state index in [0.29, 0.717) is 30.3 Å². The Kier molecular flexibility index (Phi) is 5.73. The lowest BCUT2D eigenvalue weighted by molar-refractivity contribution is -0.122. The second-order valence-corrected chi connectivity index (χ2v) is 8.16. The lowest BCUT2D eigenvalue weighted by Crippen LogP contribution is -2.39. The van der Waals surface area contributed by atoms with Crippen molar-refractivity contribution in [2.24, 2.45) is 0 Å². The van der Waals surface area contributed by atoms with Crippen molar-refractivity contribution in [1.82, 2.24) is 15.2 Å². The van der Waals surface area contributed by atoms with Gasteiger partial charge in [-0.2, -0.15) is 0 Å². The highest BCUT2D eigenvalue weighted by atomic mass is 32.1. The number of anilines is 1. The summed E-state index contributed by atoms with van der Waals surface area (Å²) in [6, 6.07) is 9.75. The molecule has 0 radical (unpaired) electrons. The molecule has 3 aromatic rings. The molecule has 0 fully saturated rings. The van der Waals surface area contributed by atoms with E-state index < -0.39 is 0 Å². The molecule has 1 aliphatic heterocycles. The van der Waals surface area contributed by atoms with Crippen LogP contribution in [0.4, 0.5) is 5.13 Å². The van der Waals surface area contributed by atoms with Crippen molar-refractivity contribution in [3.05, 3.63) is 70.1 Å². The Labute approximate surface area is 172 Å². The fourth-order valence-corrected chi connectivity index (χ4v) is 4.21. The molecule has 1 aliphatic rings. The Morgan fingerprint density at radius 3 is 2.83 bits per heavy atom. The van der Waals surface area contributed by atoms with Gasteiger partial charge < -0.3 is 9.73 Å². The van der Waals surface area contributed by atoms with E-state index in [1.54, 1.807) is 6.07 Å². The van der Waals surface area contributed by atoms with E-state index in [0.717, 1.165) is 29.1 Å². The van der Waals surface area contributed by atoms with Crippen LogP contribution in [0.25, 0.3) is 0 Å². The Morgan fingerprint density at radius 2 is 2.07 bits per heavy atom. The Hall–Kier alpha value is -2.97. The van der Waals surface area contributed by atoms with E-state index in [1.807, 2.05) is 31.2 Å². The molecule has 0 unspecified atom stereocenters. The van der Waals surface area contributed by atoms with Gasteiger partial charge in [-0.1, -0.05) is 29.8 Å². The zero-order chi connectivity index (χ0) is 20.2. The number of nitrogens with zero attached hydrogens (tertiary/aromatic N) is 2. The first-order valence-corrected chi connectivity index (χ1v) is 10.3. The number of amides is 2. The van der Waals surface area contributed by atoms with E-state index >= 15 is 0 Å². The number of hydrogen-bond donors (Lipinski definition) is 2. The average Bonchev–Trinajstić information content (AvgIpc) is 3.37. The van der Waals surface area contributed by atoms with E-state index in [-0.39, 0.29) is 11.8 Å². The fraction of sp³-hybridized carbons (Fsp3) is 0.286. The van der Waals surface area contributed by atoms with E-state index in [2.05, 4.69) is 20.5 Å². The standard InChI is InChI=1S/C21H22N4O3S/c1-14-2-4-15(5-3-14)10-22-19(26)12-25-8-6-17-18(11-25)29-21(23-17)24-20(27)16-7-9-28-13-16/h2-5,7,9,13H,6,8,10-12H2,1H3,(H,22,26)(H,23,24,27). The molecule has 0 saturated carbocycles. The molecule has 0 bridgehead atoms. The van der Waals surface area contributed by atoms with Crippen LogP contribution in [-0.2, 0) is 24.3 Å². The van der Waals surface area contributed by atoms with Gasteiger partial charge in [0.25, 0.3) is 5.91 Å². The van der Waals surface area contributed by atoms with Crippen molar-refractivity contribution in [1.29, 1.82) is 0 Å². The number of nitrogens with one attached hydrogen (secondary N) is 2. The lowest BCUT2D eigenvalue weighted by Gasteiger charge is -2.25. The normalized spacial score (nSPS) is 13.7. The largest absolute Gasteiger partial charge is 0.472 e. The predicted octanol–water partition coefficient (Wildman–Crippen LogP) is 2.97. The van der Waals surface area contributed by atoms with Gasteiger partial charge in [-0.15, -0.1) is 11.3 Å². The molecule has 0 spiro atoms. The first kappa shape index (κ1) is 19.4. The number of carbonyl (C=O) groups is 2. The highest BCUT2D eigenvalue weighted by Gasteiger charge is 2.23. The molecular formula is C21H22N4O3S. The predicted molar refractivity (Wildman–Crippen MR) is 111 cm³/mol. The summed E-state index contributed by atoms with van der Waals surface area (Å²) in [7, 11) is 0. The molecule has 4 rings (SSSR count). The molecule has 0 aliphatic carbocycles. The van der Waals surface area contributed by atoms with Gasteiger partial charge in [-0.05, 0) is 18.6 Å². The molecule has 2 aromatic heterocycles. The summed E-state index contributed by atoms with van der Waals surface area (Å²) in [5.41, 5.74) is 3.75. The third-order valence-electron chi connectivity index (χ3n) is 4.79. The van der Waals surface area contributed by atoms with Crippen LogP contribution in [-0.4, -0.2) is 34.8 Å². The van der Waals surface area contributed by atoms with Gasteiger partial charge in [0.05, 0.1) is 24.1 Å². The number of rotatable bonds is 6. The summed E-state index contributed by atoms with van der Waals surface area (Å²) in [5, 5.41) is 6.36. The zero-order valence-electron chi connectivity index (χ0n) is 16.1. The molecule has 150 valence electrons. The fourth-order valence-electron chi connectivity index (χ4n) is 3.17. The van der Waals surface area contributed by atoms with Gasteiger partial charge in [0.1, 0.15) is 6.26 Å². The maximum absolute atomic E-state index is 12.3. The smallest absolute Gasteiger partial charge is 0.260 e. The van der Waals surface area contributed by atoms with Crippen molar-refractivity contribution < 1.29 is 14.0 Å². The van der Waals surface area contributed by atoms with Gasteiger partial charge in [0.2, 0.25) is 5.91 Å². The van der Waals surface area contributed by atoms with Crippen LogP contribution in [0.2, 0.25) is 0 Å². The Morgan fingerprint density at radius 1 is 1.24 bits per heavy atom. The zero-order valence-corrected chi connectivity index (χ0v) is 16.9. The highest BCUT2D eigenvalue weighted by Crippen LogP contribution is 2.28. The molecule has 1 aromatic carbocycles. The maximum atomic E-state index is 12.3. The van der Waals surface area contributed by atoms with Gasteiger partial charge in [-0.25, -0.2) is 4.98 Å². The third-order valence-corrected chi connectivity index (χ3v) is 5.79. The summed E-state index contributed by atoms with van der Waals surface area (Å²) in [6.07, 6.45) is 3.63. The first-order chi connectivity index (χ1) is 14.1. The molecule has 8 heteroatoms. The minimum atomic E-state index is -0.239. The Balaban J connectivity index is 1.29. The van der Waals surface area contributed by atoms with Crippen LogP contribution in [0.1, 0.15) is 32.1 Å². The van der Waals surface area contributed by atoms with Crippen molar-refractivity contribution >= 4 is 28.3 Å². The number of hydrogen-bond acceptors (Lipinski definition) is 6. The van der Waals surface area contributed by atoms with E-state index in [1.165, 1.54) is 29.4 Å². The SMILES string of the molecule is Cc1ccc(CNC(=O)CN2CCc3nc(NC(=O)c4ccoc4)sc3C2)cc1. The van der Waals surface area contributed by atoms with Crippen LogP contribution in [0.15, 0.2) is 47.3 Å². The number of aromatic nitrogens is 1. The van der Waals surface area contributed by atoms with E-state index in [9.17, 15) is 9.59 Å². The summed E-state index contributed by atoms with van der Waals surface area (Å²) >= 11 is 1.46.